The average Bonchev–Trinajstić information content (AvgIpc) is 2.66. The molecule has 0 saturated carbocycles. The van der Waals surface area contributed by atoms with Crippen molar-refractivity contribution in [3.8, 4) is 0 Å². The van der Waals surface area contributed by atoms with Gasteiger partial charge in [-0.15, -0.1) is 24.0 Å². The van der Waals surface area contributed by atoms with Crippen molar-refractivity contribution in [2.75, 3.05) is 52.4 Å². The van der Waals surface area contributed by atoms with E-state index in [9.17, 15) is 0 Å². The molecular formula is C19H30IN5. The van der Waals surface area contributed by atoms with Gasteiger partial charge in [-0.25, -0.2) is 0 Å². The molecule has 4 heterocycles. The normalized spacial score (nSPS) is 28.3. The average molecular weight is 455 g/mol. The van der Waals surface area contributed by atoms with Gasteiger partial charge in [0.25, 0.3) is 0 Å². The molecule has 6 heteroatoms. The Bertz CT molecular complexity index is 597. The van der Waals surface area contributed by atoms with Gasteiger partial charge in [0.1, 0.15) is 0 Å². The molecule has 1 aromatic carbocycles. The van der Waals surface area contributed by atoms with Gasteiger partial charge in [-0.1, -0.05) is 24.3 Å². The van der Waals surface area contributed by atoms with E-state index in [1.54, 1.807) is 0 Å². The lowest BCUT2D eigenvalue weighted by Gasteiger charge is -2.47. The van der Waals surface area contributed by atoms with E-state index in [2.05, 4.69) is 51.2 Å². The molecule has 4 aliphatic rings. The van der Waals surface area contributed by atoms with Crippen molar-refractivity contribution in [2.45, 2.75) is 25.9 Å². The summed E-state index contributed by atoms with van der Waals surface area (Å²) in [5.41, 5.74) is 2.94. The fraction of sp³-hybridized carbons (Fsp3) is 0.632. The molecule has 3 saturated heterocycles. The van der Waals surface area contributed by atoms with Crippen LogP contribution in [0.5, 0.6) is 0 Å². The zero-order chi connectivity index (χ0) is 16.4. The molecule has 0 spiro atoms. The molecule has 1 N–H and O–H groups in total. The standard InChI is InChI=1S/C19H29N5.HI/c1-2-20-19(21-13-18-15-22-9-11-23(18)12-10-22)24-8-7-16-5-3-4-6-17(16)14-24;/h3-6,18H,2,7-15H2,1H3,(H,20,21);1H. The summed E-state index contributed by atoms with van der Waals surface area (Å²) in [5.74, 6) is 1.09. The minimum absolute atomic E-state index is 0. The second-order valence-electron chi connectivity index (χ2n) is 7.13. The van der Waals surface area contributed by atoms with Crippen LogP contribution in [0.25, 0.3) is 0 Å². The van der Waals surface area contributed by atoms with Crippen LogP contribution in [-0.2, 0) is 13.0 Å². The quantitative estimate of drug-likeness (QED) is 0.427. The van der Waals surface area contributed by atoms with Gasteiger partial charge in [0.05, 0.1) is 6.54 Å². The molecule has 0 amide bonds. The highest BCUT2D eigenvalue weighted by Crippen LogP contribution is 2.19. The van der Waals surface area contributed by atoms with Crippen molar-refractivity contribution < 1.29 is 0 Å². The van der Waals surface area contributed by atoms with Crippen LogP contribution < -0.4 is 5.32 Å². The van der Waals surface area contributed by atoms with Gasteiger partial charge < -0.3 is 10.2 Å². The van der Waals surface area contributed by atoms with Crippen LogP contribution in [0.3, 0.4) is 0 Å². The molecule has 1 aromatic rings. The van der Waals surface area contributed by atoms with Crippen molar-refractivity contribution in [1.29, 1.82) is 0 Å². The lowest BCUT2D eigenvalue weighted by atomic mass is 10.0. The number of guanidine groups is 1. The van der Waals surface area contributed by atoms with E-state index < -0.39 is 0 Å². The summed E-state index contributed by atoms with van der Waals surface area (Å²) < 4.78 is 0. The van der Waals surface area contributed by atoms with Crippen molar-refractivity contribution in [3.63, 3.8) is 0 Å². The monoisotopic (exact) mass is 455 g/mol. The molecule has 3 fully saturated rings. The number of nitrogens with one attached hydrogen (secondary N) is 1. The van der Waals surface area contributed by atoms with E-state index in [1.165, 1.54) is 43.9 Å². The van der Waals surface area contributed by atoms with Gasteiger partial charge in [-0.3, -0.25) is 14.8 Å². The summed E-state index contributed by atoms with van der Waals surface area (Å²) in [6, 6.07) is 9.41. The second-order valence-corrected chi connectivity index (χ2v) is 7.13. The fourth-order valence-corrected chi connectivity index (χ4v) is 4.19. The topological polar surface area (TPSA) is 34.1 Å². The smallest absolute Gasteiger partial charge is 0.194 e. The summed E-state index contributed by atoms with van der Waals surface area (Å²) in [7, 11) is 0. The highest BCUT2D eigenvalue weighted by molar-refractivity contribution is 14.0. The van der Waals surface area contributed by atoms with Crippen LogP contribution in [0.1, 0.15) is 18.1 Å². The van der Waals surface area contributed by atoms with Crippen LogP contribution in [0.4, 0.5) is 0 Å². The number of rotatable bonds is 3. The van der Waals surface area contributed by atoms with Gasteiger partial charge in [0.2, 0.25) is 0 Å². The summed E-state index contributed by atoms with van der Waals surface area (Å²) in [4.78, 5) is 12.6. The Morgan fingerprint density at radius 3 is 2.56 bits per heavy atom. The van der Waals surface area contributed by atoms with Gasteiger partial charge in [-0.2, -0.15) is 0 Å². The molecule has 0 radical (unpaired) electrons. The zero-order valence-corrected chi connectivity index (χ0v) is 17.5. The first-order valence-electron chi connectivity index (χ1n) is 9.40. The first-order chi connectivity index (χ1) is 11.8. The molecule has 1 unspecified atom stereocenters. The molecule has 2 bridgehead atoms. The maximum Gasteiger partial charge on any atom is 0.194 e. The van der Waals surface area contributed by atoms with E-state index in [1.807, 2.05) is 0 Å². The Kier molecular flexibility index (Phi) is 6.57. The number of fused-ring (bicyclic) bond motifs is 4. The van der Waals surface area contributed by atoms with Crippen molar-refractivity contribution in [2.24, 2.45) is 4.99 Å². The minimum Gasteiger partial charge on any atom is -0.357 e. The third kappa shape index (κ3) is 4.28. The number of nitrogens with zero attached hydrogens (tertiary/aromatic N) is 4. The Morgan fingerprint density at radius 2 is 1.88 bits per heavy atom. The van der Waals surface area contributed by atoms with Gasteiger partial charge in [0.15, 0.2) is 5.96 Å². The predicted octanol–water partition coefficient (Wildman–Crippen LogP) is 1.63. The van der Waals surface area contributed by atoms with E-state index in [0.717, 1.165) is 38.6 Å². The number of piperazine rings is 3. The van der Waals surface area contributed by atoms with Crippen molar-refractivity contribution in [3.05, 3.63) is 35.4 Å². The van der Waals surface area contributed by atoms with E-state index >= 15 is 0 Å². The van der Waals surface area contributed by atoms with Gasteiger partial charge in [0, 0.05) is 58.4 Å². The maximum absolute atomic E-state index is 5.02. The lowest BCUT2D eigenvalue weighted by Crippen LogP contribution is -2.62. The zero-order valence-electron chi connectivity index (χ0n) is 15.2. The third-order valence-corrected chi connectivity index (χ3v) is 5.61. The third-order valence-electron chi connectivity index (χ3n) is 5.61. The summed E-state index contributed by atoms with van der Waals surface area (Å²) >= 11 is 0. The summed E-state index contributed by atoms with van der Waals surface area (Å²) in [6.07, 6.45) is 1.11. The molecule has 0 aliphatic carbocycles. The van der Waals surface area contributed by atoms with E-state index in [0.29, 0.717) is 6.04 Å². The van der Waals surface area contributed by atoms with Crippen LogP contribution in [0.15, 0.2) is 29.3 Å². The highest BCUT2D eigenvalue weighted by atomic mass is 127. The molecule has 5 rings (SSSR count). The predicted molar refractivity (Wildman–Crippen MR) is 114 cm³/mol. The Labute approximate surface area is 168 Å². The molecule has 5 nitrogen and oxygen atoms in total. The largest absolute Gasteiger partial charge is 0.357 e. The fourth-order valence-electron chi connectivity index (χ4n) is 4.19. The van der Waals surface area contributed by atoms with Crippen LogP contribution in [0.2, 0.25) is 0 Å². The molecule has 0 aromatic heterocycles. The van der Waals surface area contributed by atoms with E-state index in [-0.39, 0.29) is 24.0 Å². The maximum atomic E-state index is 5.02. The molecular weight excluding hydrogens is 425 g/mol. The van der Waals surface area contributed by atoms with Crippen LogP contribution in [0, 0.1) is 0 Å². The van der Waals surface area contributed by atoms with Gasteiger partial charge in [-0.05, 0) is 24.5 Å². The number of hydrogen-bond acceptors (Lipinski definition) is 3. The minimum atomic E-state index is 0. The molecule has 25 heavy (non-hydrogen) atoms. The molecule has 1 atom stereocenters. The number of aliphatic imine (C=N–C) groups is 1. The Balaban J connectivity index is 0.00000182. The van der Waals surface area contributed by atoms with Crippen molar-refractivity contribution >= 4 is 29.9 Å². The number of hydrogen-bond donors (Lipinski definition) is 1. The lowest BCUT2D eigenvalue weighted by molar-refractivity contribution is 0.0173. The van der Waals surface area contributed by atoms with Crippen molar-refractivity contribution in [1.82, 2.24) is 20.0 Å². The Morgan fingerprint density at radius 1 is 1.12 bits per heavy atom. The van der Waals surface area contributed by atoms with E-state index in [4.69, 9.17) is 4.99 Å². The molecule has 138 valence electrons. The van der Waals surface area contributed by atoms with Gasteiger partial charge >= 0.3 is 0 Å². The number of halogens is 1. The Hall–Kier alpha value is -0.860. The highest BCUT2D eigenvalue weighted by Gasteiger charge is 2.31. The van der Waals surface area contributed by atoms with Crippen LogP contribution >= 0.6 is 24.0 Å². The summed E-state index contributed by atoms with van der Waals surface area (Å²) in [5, 5.41) is 3.51. The first-order valence-corrected chi connectivity index (χ1v) is 9.40. The summed E-state index contributed by atoms with van der Waals surface area (Å²) in [6.45, 7) is 12.1. The SMILES string of the molecule is CCNC(=NCC1CN2CCN1CC2)N1CCc2ccccc2C1.I. The number of benzene rings is 1. The molecule has 4 aliphatic heterocycles. The first kappa shape index (κ1) is 18.9. The van der Waals surface area contributed by atoms with Crippen LogP contribution in [-0.4, -0.2) is 79.1 Å². The second kappa shape index (κ2) is 8.68.